The summed E-state index contributed by atoms with van der Waals surface area (Å²) in [6.45, 7) is 0.318. The molecule has 0 spiro atoms. The molecule has 0 radical (unpaired) electrons. The highest BCUT2D eigenvalue weighted by atomic mass is 32.2. The number of anilines is 1. The van der Waals surface area contributed by atoms with Crippen molar-refractivity contribution in [1.82, 2.24) is 10.2 Å². The van der Waals surface area contributed by atoms with Gasteiger partial charge in [0, 0.05) is 13.5 Å². The molecule has 2 rings (SSSR count). The topological polar surface area (TPSA) is 98.2 Å². The standard InChI is InChI=1S/C14H17N3O4S2/c1-21-9-13-16-17-14(22-13)15-12(18)7-8-23(19,20)10-11-5-3-2-4-6-11/h2-6H,7-10H2,1H3,(H,15,17,18). The largest absolute Gasteiger partial charge is 0.377 e. The van der Waals surface area contributed by atoms with Gasteiger partial charge in [0.05, 0.1) is 11.5 Å². The summed E-state index contributed by atoms with van der Waals surface area (Å²) in [6.07, 6.45) is -0.117. The third-order valence-corrected chi connectivity index (χ3v) is 5.26. The van der Waals surface area contributed by atoms with E-state index in [1.807, 2.05) is 6.07 Å². The molecule has 9 heteroatoms. The van der Waals surface area contributed by atoms with Gasteiger partial charge in [0.25, 0.3) is 0 Å². The van der Waals surface area contributed by atoms with Gasteiger partial charge in [-0.15, -0.1) is 10.2 Å². The Kier molecular flexibility index (Phi) is 6.20. The van der Waals surface area contributed by atoms with Crippen LogP contribution in [0.1, 0.15) is 17.0 Å². The summed E-state index contributed by atoms with van der Waals surface area (Å²) >= 11 is 1.19. The summed E-state index contributed by atoms with van der Waals surface area (Å²) < 4.78 is 29.0. The lowest BCUT2D eigenvalue weighted by Gasteiger charge is -2.04. The van der Waals surface area contributed by atoms with Gasteiger partial charge in [-0.2, -0.15) is 0 Å². The number of ether oxygens (including phenoxy) is 1. The van der Waals surface area contributed by atoms with Gasteiger partial charge in [0.2, 0.25) is 11.0 Å². The molecule has 0 aliphatic rings. The maximum atomic E-state index is 12.0. The van der Waals surface area contributed by atoms with E-state index in [9.17, 15) is 13.2 Å². The van der Waals surface area contributed by atoms with Crippen LogP contribution in [0.3, 0.4) is 0 Å². The highest BCUT2D eigenvalue weighted by molar-refractivity contribution is 7.90. The Morgan fingerprint density at radius 1 is 1.26 bits per heavy atom. The van der Waals surface area contributed by atoms with Crippen LogP contribution in [0.15, 0.2) is 30.3 Å². The fourth-order valence-electron chi connectivity index (χ4n) is 1.82. The molecule has 1 heterocycles. The first-order valence-corrected chi connectivity index (χ1v) is 9.48. The first kappa shape index (κ1) is 17.5. The third-order valence-electron chi connectivity index (χ3n) is 2.85. The van der Waals surface area contributed by atoms with Crippen molar-refractivity contribution in [1.29, 1.82) is 0 Å². The fraction of sp³-hybridized carbons (Fsp3) is 0.357. The van der Waals surface area contributed by atoms with Gasteiger partial charge in [0.15, 0.2) is 9.84 Å². The zero-order chi connectivity index (χ0) is 16.7. The fourth-order valence-corrected chi connectivity index (χ4v) is 3.89. The van der Waals surface area contributed by atoms with Crippen LogP contribution in [0.5, 0.6) is 0 Å². The van der Waals surface area contributed by atoms with Gasteiger partial charge in [0.1, 0.15) is 11.6 Å². The van der Waals surface area contributed by atoms with E-state index >= 15 is 0 Å². The Hall–Kier alpha value is -1.84. The van der Waals surface area contributed by atoms with Crippen molar-refractivity contribution < 1.29 is 17.9 Å². The predicted molar refractivity (Wildman–Crippen MR) is 87.8 cm³/mol. The number of carbonyl (C=O) groups is 1. The minimum atomic E-state index is -3.34. The molecule has 7 nitrogen and oxygen atoms in total. The lowest BCUT2D eigenvalue weighted by molar-refractivity contribution is -0.115. The summed E-state index contributed by atoms with van der Waals surface area (Å²) in [5.74, 6) is -0.684. The minimum absolute atomic E-state index is 0.0715. The van der Waals surface area contributed by atoms with Gasteiger partial charge in [-0.05, 0) is 5.56 Å². The molecule has 0 unspecified atom stereocenters. The summed E-state index contributed by atoms with van der Waals surface area (Å²) in [4.78, 5) is 11.8. The van der Waals surface area contributed by atoms with E-state index in [0.717, 1.165) is 0 Å². The molecule has 0 fully saturated rings. The second-order valence-electron chi connectivity index (χ2n) is 4.81. The average Bonchev–Trinajstić information content (AvgIpc) is 2.93. The van der Waals surface area contributed by atoms with E-state index in [2.05, 4.69) is 15.5 Å². The maximum absolute atomic E-state index is 12.0. The van der Waals surface area contributed by atoms with Crippen molar-refractivity contribution in [3.63, 3.8) is 0 Å². The number of sulfone groups is 1. The van der Waals surface area contributed by atoms with Crippen LogP contribution in [0.4, 0.5) is 5.13 Å². The number of benzene rings is 1. The third kappa shape index (κ3) is 6.05. The average molecular weight is 355 g/mol. The molecule has 0 aliphatic carbocycles. The second-order valence-corrected chi connectivity index (χ2v) is 8.06. The molecule has 0 atom stereocenters. The molecule has 2 aromatic rings. The molecular weight excluding hydrogens is 338 g/mol. The normalized spacial score (nSPS) is 11.3. The number of nitrogens with zero attached hydrogens (tertiary/aromatic N) is 2. The number of carbonyl (C=O) groups excluding carboxylic acids is 1. The summed E-state index contributed by atoms with van der Waals surface area (Å²) in [7, 11) is -1.80. The van der Waals surface area contributed by atoms with E-state index in [1.165, 1.54) is 18.4 Å². The van der Waals surface area contributed by atoms with E-state index in [-0.39, 0.29) is 17.9 Å². The molecular formula is C14H17N3O4S2. The molecule has 1 aromatic heterocycles. The van der Waals surface area contributed by atoms with Crippen molar-refractivity contribution in [2.75, 3.05) is 18.2 Å². The zero-order valence-electron chi connectivity index (χ0n) is 12.6. The van der Waals surface area contributed by atoms with Gasteiger partial charge in [-0.1, -0.05) is 41.7 Å². The zero-order valence-corrected chi connectivity index (χ0v) is 14.2. The van der Waals surface area contributed by atoms with E-state index < -0.39 is 15.7 Å². The molecule has 0 saturated carbocycles. The highest BCUT2D eigenvalue weighted by Gasteiger charge is 2.15. The number of nitrogens with one attached hydrogen (secondary N) is 1. The Morgan fingerprint density at radius 2 is 2.00 bits per heavy atom. The summed E-state index contributed by atoms with van der Waals surface area (Å²) in [6, 6.07) is 8.88. The minimum Gasteiger partial charge on any atom is -0.377 e. The maximum Gasteiger partial charge on any atom is 0.227 e. The Labute approximate surface area is 138 Å². The van der Waals surface area contributed by atoms with Crippen molar-refractivity contribution in [3.8, 4) is 0 Å². The summed E-state index contributed by atoms with van der Waals surface area (Å²) in [5.41, 5.74) is 0.709. The van der Waals surface area contributed by atoms with Gasteiger partial charge in [-0.3, -0.25) is 4.79 Å². The van der Waals surface area contributed by atoms with Crippen LogP contribution in [0.25, 0.3) is 0 Å². The smallest absolute Gasteiger partial charge is 0.227 e. The van der Waals surface area contributed by atoms with Crippen LogP contribution >= 0.6 is 11.3 Å². The Balaban J connectivity index is 1.83. The van der Waals surface area contributed by atoms with Gasteiger partial charge >= 0.3 is 0 Å². The molecule has 1 amide bonds. The molecule has 1 aromatic carbocycles. The second kappa shape index (κ2) is 8.14. The van der Waals surface area contributed by atoms with Crippen molar-refractivity contribution in [3.05, 3.63) is 40.9 Å². The number of hydrogen-bond acceptors (Lipinski definition) is 7. The molecule has 0 saturated heterocycles. The van der Waals surface area contributed by atoms with Crippen LogP contribution < -0.4 is 5.32 Å². The van der Waals surface area contributed by atoms with Gasteiger partial charge in [-0.25, -0.2) is 8.42 Å². The van der Waals surface area contributed by atoms with Crippen LogP contribution in [0.2, 0.25) is 0 Å². The monoisotopic (exact) mass is 355 g/mol. The van der Waals surface area contributed by atoms with Crippen molar-refractivity contribution >= 4 is 32.2 Å². The summed E-state index contributed by atoms with van der Waals surface area (Å²) in [5, 5.41) is 11.1. The van der Waals surface area contributed by atoms with E-state index in [0.29, 0.717) is 22.3 Å². The van der Waals surface area contributed by atoms with Crippen LogP contribution in [0, 0.1) is 0 Å². The van der Waals surface area contributed by atoms with E-state index in [1.54, 1.807) is 24.3 Å². The molecule has 0 bridgehead atoms. The number of methoxy groups -OCH3 is 1. The molecule has 124 valence electrons. The highest BCUT2D eigenvalue weighted by Crippen LogP contribution is 2.16. The predicted octanol–water partition coefficient (Wildman–Crippen LogP) is 1.63. The lowest BCUT2D eigenvalue weighted by Crippen LogP contribution is -2.18. The van der Waals surface area contributed by atoms with Crippen LogP contribution in [-0.4, -0.2) is 37.4 Å². The number of hydrogen-bond donors (Lipinski definition) is 1. The number of rotatable bonds is 8. The van der Waals surface area contributed by atoms with Crippen molar-refractivity contribution in [2.24, 2.45) is 0 Å². The van der Waals surface area contributed by atoms with Crippen LogP contribution in [-0.2, 0) is 31.7 Å². The first-order valence-electron chi connectivity index (χ1n) is 6.84. The lowest BCUT2D eigenvalue weighted by atomic mass is 10.2. The van der Waals surface area contributed by atoms with E-state index in [4.69, 9.17) is 4.74 Å². The number of aromatic nitrogens is 2. The molecule has 23 heavy (non-hydrogen) atoms. The van der Waals surface area contributed by atoms with Crippen molar-refractivity contribution in [2.45, 2.75) is 18.8 Å². The number of amides is 1. The first-order chi connectivity index (χ1) is 11.0. The molecule has 0 aliphatic heterocycles. The SMILES string of the molecule is COCc1nnc(NC(=O)CCS(=O)(=O)Cc2ccccc2)s1. The molecule has 1 N–H and O–H groups in total. The quantitative estimate of drug-likeness (QED) is 0.773. The van der Waals surface area contributed by atoms with Gasteiger partial charge < -0.3 is 10.1 Å². The Morgan fingerprint density at radius 3 is 2.70 bits per heavy atom. The Bertz CT molecular complexity index is 744.